The van der Waals surface area contributed by atoms with Crippen LogP contribution in [0.2, 0.25) is 0 Å². The first-order valence-electron chi connectivity index (χ1n) is 29.2. The third-order valence-corrected chi connectivity index (χ3v) is 29.4. The molecule has 17 rings (SSSR count). The summed E-state index contributed by atoms with van der Waals surface area (Å²) in [6, 6.07) is 112. The van der Waals surface area contributed by atoms with Gasteiger partial charge in [0.05, 0.1) is 22.4 Å². The minimum atomic E-state index is -2.91. The number of hydrogen-bond acceptors (Lipinski definition) is 1. The van der Waals surface area contributed by atoms with Gasteiger partial charge in [0.15, 0.2) is 16.1 Å². The van der Waals surface area contributed by atoms with Crippen molar-refractivity contribution in [2.24, 2.45) is 23.7 Å². The number of fused-ring (bicyclic) bond motifs is 5. The standard InChI is InChI=1S/C76H62N2Si2/c1-7-25-60(26-8-1)79(61-27-9-2-10-28-61,62-29-11-3-12-30-62)66-37-23-24-58(51-66)77-72-44-42-59(78-74-40-21-19-38-70(74)76(71-39-20-22-41-75(71)78)56-47-54-46-55(49-56)50-57(76)48-54)52-68(72)69-53-67(43-45-73(69)77)80(63-31-13-4-14-32-63,64-33-15-5-16-34-64)65-35-17-6-18-36-65/h1-45,51-57H,46-50H2. The molecule has 80 heavy (non-hydrogen) atoms. The van der Waals surface area contributed by atoms with Crippen molar-refractivity contribution in [1.82, 2.24) is 4.57 Å². The predicted octanol–water partition coefficient (Wildman–Crippen LogP) is 13.1. The third-order valence-electron chi connectivity index (χ3n) is 19.8. The molecule has 0 amide bonds. The van der Waals surface area contributed by atoms with E-state index < -0.39 is 16.1 Å². The van der Waals surface area contributed by atoms with E-state index in [2.05, 4.69) is 301 Å². The van der Waals surface area contributed by atoms with Gasteiger partial charge < -0.3 is 9.47 Å². The van der Waals surface area contributed by atoms with E-state index in [1.54, 1.807) is 11.1 Å². The van der Waals surface area contributed by atoms with E-state index >= 15 is 0 Å². The van der Waals surface area contributed by atoms with Crippen molar-refractivity contribution in [3.8, 4) is 5.69 Å². The molecule has 384 valence electrons. The summed E-state index contributed by atoms with van der Waals surface area (Å²) < 4.78 is 2.58. The average molecular weight is 1060 g/mol. The fourth-order valence-electron chi connectivity index (χ4n) is 17.1. The number of anilines is 3. The molecule has 0 unspecified atom stereocenters. The Hall–Kier alpha value is -8.55. The van der Waals surface area contributed by atoms with Gasteiger partial charge in [0.25, 0.3) is 0 Å². The molecule has 1 aromatic heterocycles. The van der Waals surface area contributed by atoms with Gasteiger partial charge in [-0.05, 0) is 157 Å². The van der Waals surface area contributed by atoms with Crippen LogP contribution in [0.5, 0.6) is 0 Å². The lowest BCUT2D eigenvalue weighted by atomic mass is 9.41. The zero-order valence-corrected chi connectivity index (χ0v) is 47.0. The van der Waals surface area contributed by atoms with Crippen LogP contribution in [-0.4, -0.2) is 20.7 Å². The van der Waals surface area contributed by atoms with Crippen LogP contribution in [0.1, 0.15) is 43.2 Å². The topological polar surface area (TPSA) is 8.17 Å². The first kappa shape index (κ1) is 47.5. The Balaban J connectivity index is 0.970. The van der Waals surface area contributed by atoms with Gasteiger partial charge in [0, 0.05) is 27.6 Å². The van der Waals surface area contributed by atoms with E-state index in [0.717, 1.165) is 17.5 Å². The molecule has 5 aliphatic rings. The molecule has 1 aliphatic heterocycles. The highest BCUT2D eigenvalue weighted by molar-refractivity contribution is 7.20. The number of rotatable bonds is 10. The quantitative estimate of drug-likeness (QED) is 0.0979. The Morgan fingerprint density at radius 1 is 0.287 bits per heavy atom. The van der Waals surface area contributed by atoms with Crippen LogP contribution >= 0.6 is 0 Å². The van der Waals surface area contributed by atoms with Gasteiger partial charge in [0.2, 0.25) is 0 Å². The third kappa shape index (κ3) is 6.88. The summed E-state index contributed by atoms with van der Waals surface area (Å²) in [5, 5.41) is 13.5. The summed E-state index contributed by atoms with van der Waals surface area (Å²) >= 11 is 0. The first-order chi connectivity index (χ1) is 39.6. The van der Waals surface area contributed by atoms with Crippen molar-refractivity contribution >= 4 is 96.5 Å². The van der Waals surface area contributed by atoms with E-state index in [4.69, 9.17) is 0 Å². The van der Waals surface area contributed by atoms with Crippen LogP contribution in [0.25, 0.3) is 27.5 Å². The van der Waals surface area contributed by atoms with Crippen molar-refractivity contribution in [3.63, 3.8) is 0 Å². The van der Waals surface area contributed by atoms with Crippen LogP contribution in [0, 0.1) is 23.7 Å². The van der Waals surface area contributed by atoms with Crippen molar-refractivity contribution in [1.29, 1.82) is 0 Å². The largest absolute Gasteiger partial charge is 0.310 e. The molecule has 0 atom stereocenters. The van der Waals surface area contributed by atoms with Gasteiger partial charge in [-0.1, -0.05) is 243 Å². The van der Waals surface area contributed by atoms with Gasteiger partial charge in [-0.15, -0.1) is 0 Å². The van der Waals surface area contributed by atoms with E-state index in [1.165, 1.54) is 112 Å². The van der Waals surface area contributed by atoms with Crippen molar-refractivity contribution in [2.45, 2.75) is 37.5 Å². The molecule has 4 fully saturated rings. The number of nitrogens with zero attached hydrogens (tertiary/aromatic N) is 2. The lowest BCUT2D eigenvalue weighted by Gasteiger charge is -2.64. The molecule has 0 radical (unpaired) electrons. The van der Waals surface area contributed by atoms with E-state index in [-0.39, 0.29) is 5.41 Å². The maximum absolute atomic E-state index is 2.91. The second kappa shape index (κ2) is 18.8. The summed E-state index contributed by atoms with van der Waals surface area (Å²) in [6.07, 6.45) is 6.87. The first-order valence-corrected chi connectivity index (χ1v) is 33.2. The minimum Gasteiger partial charge on any atom is -0.310 e. The second-order valence-corrected chi connectivity index (χ2v) is 31.2. The van der Waals surface area contributed by atoms with E-state index in [9.17, 15) is 0 Å². The Kier molecular flexibility index (Phi) is 11.2. The van der Waals surface area contributed by atoms with E-state index in [0.29, 0.717) is 11.8 Å². The molecule has 1 spiro atoms. The number of aromatic nitrogens is 1. The molecule has 0 saturated heterocycles. The summed E-state index contributed by atoms with van der Waals surface area (Å²) in [4.78, 5) is 2.64. The van der Waals surface area contributed by atoms with Crippen LogP contribution in [-0.2, 0) is 5.41 Å². The average Bonchev–Trinajstić information content (AvgIpc) is 4.00. The normalized spacial score (nSPS) is 18.8. The summed E-state index contributed by atoms with van der Waals surface area (Å²) in [5.41, 5.74) is 10.6. The van der Waals surface area contributed by atoms with Gasteiger partial charge in [0.1, 0.15) is 0 Å². The fraction of sp³-hybridized carbons (Fsp3) is 0.132. The molecular formula is C76H62N2Si2. The zero-order chi connectivity index (χ0) is 52.8. The summed E-state index contributed by atoms with van der Waals surface area (Å²) in [6.45, 7) is 0. The highest BCUT2D eigenvalue weighted by atomic mass is 28.3. The predicted molar refractivity (Wildman–Crippen MR) is 341 cm³/mol. The van der Waals surface area contributed by atoms with Crippen molar-refractivity contribution in [2.75, 3.05) is 4.90 Å². The SMILES string of the molecule is c1ccc([Si](c2ccccc2)(c2ccccc2)c2cccc(-n3c4ccc(N5c6ccccc6C6(c7ccccc75)C5CC7CC(C5)CC6C7)cc4c4cc([Si](c5ccccc5)(c5ccccc5)c5ccccc5)ccc43)c2)cc1. The van der Waals surface area contributed by atoms with Gasteiger partial charge in [-0.25, -0.2) is 0 Å². The van der Waals surface area contributed by atoms with Gasteiger partial charge in [-0.3, -0.25) is 0 Å². The molecular weight excluding hydrogens is 997 g/mol. The molecule has 4 saturated carbocycles. The molecule has 12 aromatic rings. The molecule has 4 heteroatoms. The van der Waals surface area contributed by atoms with Crippen molar-refractivity contribution in [3.05, 3.63) is 302 Å². The maximum Gasteiger partial charge on any atom is 0.179 e. The lowest BCUT2D eigenvalue weighted by molar-refractivity contribution is -0.0419. The van der Waals surface area contributed by atoms with Crippen LogP contribution in [0.15, 0.2) is 291 Å². The maximum atomic E-state index is 2.64. The summed E-state index contributed by atoms with van der Waals surface area (Å²) in [5.74, 6) is 3.11. The van der Waals surface area contributed by atoms with Crippen LogP contribution in [0.4, 0.5) is 17.1 Å². The zero-order valence-electron chi connectivity index (χ0n) is 45.0. The molecule has 4 aliphatic carbocycles. The number of para-hydroxylation sites is 2. The highest BCUT2D eigenvalue weighted by Gasteiger charge is 2.61. The Labute approximate surface area is 472 Å². The monoisotopic (exact) mass is 1060 g/mol. The molecule has 11 aromatic carbocycles. The molecule has 2 heterocycles. The molecule has 0 N–H and O–H groups in total. The van der Waals surface area contributed by atoms with Crippen LogP contribution < -0.4 is 46.4 Å². The Bertz CT molecular complexity index is 3980. The Morgan fingerprint density at radius 3 is 1.09 bits per heavy atom. The van der Waals surface area contributed by atoms with Gasteiger partial charge in [-0.2, -0.15) is 0 Å². The highest BCUT2D eigenvalue weighted by Crippen LogP contribution is 2.69. The van der Waals surface area contributed by atoms with E-state index in [1.807, 2.05) is 0 Å². The lowest BCUT2D eigenvalue weighted by Crippen LogP contribution is -2.74. The summed E-state index contributed by atoms with van der Waals surface area (Å²) in [7, 11) is -5.78. The Morgan fingerprint density at radius 2 is 0.650 bits per heavy atom. The van der Waals surface area contributed by atoms with Gasteiger partial charge >= 0.3 is 0 Å². The fourth-order valence-corrected chi connectivity index (χ4v) is 26.6. The minimum absolute atomic E-state index is 0.0369. The molecule has 4 bridgehead atoms. The number of benzene rings is 11. The smallest absolute Gasteiger partial charge is 0.179 e. The van der Waals surface area contributed by atoms with Crippen LogP contribution in [0.3, 0.4) is 0 Å². The second-order valence-electron chi connectivity index (χ2n) is 23.6. The number of hydrogen-bond donors (Lipinski definition) is 0. The van der Waals surface area contributed by atoms with Crippen molar-refractivity contribution < 1.29 is 0 Å². The molecule has 2 nitrogen and oxygen atoms in total.